The minimum absolute atomic E-state index is 0.375. The Bertz CT molecular complexity index is 782. The fourth-order valence-corrected chi connectivity index (χ4v) is 2.54. The molecular formula is C14H4F4O4. The summed E-state index contributed by atoms with van der Waals surface area (Å²) in [5.41, 5.74) is -4.50. The second kappa shape index (κ2) is 4.43. The lowest BCUT2D eigenvalue weighted by molar-refractivity contribution is -0.122. The van der Waals surface area contributed by atoms with E-state index in [-0.39, 0.29) is 12.8 Å². The van der Waals surface area contributed by atoms with Crippen LogP contribution in [0.1, 0.15) is 33.6 Å². The van der Waals surface area contributed by atoms with E-state index in [0.717, 1.165) is 0 Å². The third-order valence-electron chi connectivity index (χ3n) is 3.56. The Morgan fingerprint density at radius 1 is 0.545 bits per heavy atom. The smallest absolute Gasteiger partial charge is 0.201 e. The van der Waals surface area contributed by atoms with Crippen molar-refractivity contribution in [1.29, 1.82) is 0 Å². The number of halogens is 4. The molecule has 0 bridgehead atoms. The molecule has 8 heteroatoms. The standard InChI is InChI=1S/C14H4F4O4/c15-9-7-8(10(16)12(18)11(9)17)14(22)6-4(20)2-1-3(19)5(6)13(7)21/h1-2H2. The summed E-state index contributed by atoms with van der Waals surface area (Å²) in [6.07, 6.45) is -0.750. The van der Waals surface area contributed by atoms with Gasteiger partial charge in [-0.15, -0.1) is 0 Å². The van der Waals surface area contributed by atoms with Crippen molar-refractivity contribution in [2.75, 3.05) is 0 Å². The van der Waals surface area contributed by atoms with E-state index in [2.05, 4.69) is 0 Å². The van der Waals surface area contributed by atoms with Gasteiger partial charge in [-0.05, 0) is 0 Å². The molecule has 0 saturated carbocycles. The van der Waals surface area contributed by atoms with E-state index in [0.29, 0.717) is 0 Å². The first-order valence-electron chi connectivity index (χ1n) is 6.03. The fraction of sp³-hybridized carbons (Fsp3) is 0.143. The van der Waals surface area contributed by atoms with Crippen LogP contribution in [-0.2, 0) is 9.59 Å². The van der Waals surface area contributed by atoms with Gasteiger partial charge in [0.15, 0.2) is 34.8 Å². The highest BCUT2D eigenvalue weighted by atomic mass is 19.2. The van der Waals surface area contributed by atoms with Crippen LogP contribution in [0.15, 0.2) is 11.1 Å². The molecular weight excluding hydrogens is 308 g/mol. The molecule has 0 unspecified atom stereocenters. The molecule has 0 aromatic heterocycles. The van der Waals surface area contributed by atoms with E-state index in [1.165, 1.54) is 0 Å². The van der Waals surface area contributed by atoms with Crippen LogP contribution >= 0.6 is 0 Å². The normalized spacial score (nSPS) is 17.8. The van der Waals surface area contributed by atoms with Gasteiger partial charge in [0.2, 0.25) is 11.6 Å². The van der Waals surface area contributed by atoms with Crippen LogP contribution in [0.25, 0.3) is 0 Å². The zero-order valence-electron chi connectivity index (χ0n) is 10.6. The molecule has 0 radical (unpaired) electrons. The third-order valence-corrected chi connectivity index (χ3v) is 3.56. The van der Waals surface area contributed by atoms with Crippen molar-refractivity contribution in [3.63, 3.8) is 0 Å². The number of ketones is 4. The zero-order chi connectivity index (χ0) is 16.3. The molecule has 0 amide bonds. The van der Waals surface area contributed by atoms with Crippen molar-refractivity contribution >= 4 is 23.1 Å². The number of hydrogen-bond donors (Lipinski definition) is 0. The molecule has 0 heterocycles. The monoisotopic (exact) mass is 312 g/mol. The molecule has 0 aliphatic heterocycles. The van der Waals surface area contributed by atoms with Crippen molar-refractivity contribution < 1.29 is 36.7 Å². The van der Waals surface area contributed by atoms with Crippen molar-refractivity contribution in [2.24, 2.45) is 0 Å². The SMILES string of the molecule is O=C1CCC(=O)C2=C1C(=O)c1c(F)c(F)c(F)c(F)c1C2=O. The number of carbonyl (C=O) groups excluding carboxylic acids is 4. The molecule has 0 saturated heterocycles. The summed E-state index contributed by atoms with van der Waals surface area (Å²) < 4.78 is 54.0. The molecule has 0 atom stereocenters. The van der Waals surface area contributed by atoms with Gasteiger partial charge in [-0.1, -0.05) is 0 Å². The van der Waals surface area contributed by atoms with Crippen molar-refractivity contribution in [1.82, 2.24) is 0 Å². The number of hydrogen-bond acceptors (Lipinski definition) is 4. The van der Waals surface area contributed by atoms with Gasteiger partial charge in [-0.25, -0.2) is 17.6 Å². The lowest BCUT2D eigenvalue weighted by Gasteiger charge is -2.23. The Labute approximate surface area is 119 Å². The Balaban J connectivity index is 2.44. The summed E-state index contributed by atoms with van der Waals surface area (Å²) in [5, 5.41) is 0. The number of Topliss-reactive ketones (excluding diaryl/α,β-unsaturated/α-hetero) is 4. The van der Waals surface area contributed by atoms with E-state index in [4.69, 9.17) is 0 Å². The summed E-state index contributed by atoms with van der Waals surface area (Å²) >= 11 is 0. The minimum Gasteiger partial charge on any atom is -0.294 e. The van der Waals surface area contributed by atoms with E-state index in [9.17, 15) is 36.7 Å². The molecule has 112 valence electrons. The first-order valence-corrected chi connectivity index (χ1v) is 6.03. The molecule has 2 aliphatic rings. The van der Waals surface area contributed by atoms with E-state index < -0.39 is 68.7 Å². The zero-order valence-corrected chi connectivity index (χ0v) is 10.6. The van der Waals surface area contributed by atoms with Crippen LogP contribution in [-0.4, -0.2) is 23.1 Å². The van der Waals surface area contributed by atoms with Gasteiger partial charge in [0.25, 0.3) is 0 Å². The first kappa shape index (κ1) is 14.3. The van der Waals surface area contributed by atoms with Crippen LogP contribution in [0.5, 0.6) is 0 Å². The van der Waals surface area contributed by atoms with Crippen LogP contribution in [0.3, 0.4) is 0 Å². The van der Waals surface area contributed by atoms with Gasteiger partial charge < -0.3 is 0 Å². The summed E-state index contributed by atoms with van der Waals surface area (Å²) in [6.45, 7) is 0. The molecule has 4 nitrogen and oxygen atoms in total. The van der Waals surface area contributed by atoms with Gasteiger partial charge in [0, 0.05) is 12.8 Å². The highest BCUT2D eigenvalue weighted by Gasteiger charge is 2.45. The van der Waals surface area contributed by atoms with E-state index in [1.807, 2.05) is 0 Å². The van der Waals surface area contributed by atoms with Gasteiger partial charge in [0.1, 0.15) is 0 Å². The number of benzene rings is 1. The minimum atomic E-state index is -2.27. The Morgan fingerprint density at radius 3 is 1.18 bits per heavy atom. The van der Waals surface area contributed by atoms with Gasteiger partial charge in [-0.3, -0.25) is 19.2 Å². The molecule has 1 aromatic carbocycles. The van der Waals surface area contributed by atoms with E-state index in [1.54, 1.807) is 0 Å². The molecule has 22 heavy (non-hydrogen) atoms. The maximum Gasteiger partial charge on any atom is 0.201 e. The van der Waals surface area contributed by atoms with Crippen LogP contribution in [0, 0.1) is 23.3 Å². The lowest BCUT2D eigenvalue weighted by atomic mass is 9.76. The summed E-state index contributed by atoms with van der Waals surface area (Å²) in [6, 6.07) is 0. The number of fused-ring (bicyclic) bond motifs is 1. The molecule has 3 rings (SSSR count). The highest BCUT2D eigenvalue weighted by Crippen LogP contribution is 2.36. The topological polar surface area (TPSA) is 68.3 Å². The highest BCUT2D eigenvalue weighted by molar-refractivity contribution is 6.45. The van der Waals surface area contributed by atoms with Crippen LogP contribution in [0.4, 0.5) is 17.6 Å². The molecule has 0 spiro atoms. The fourth-order valence-electron chi connectivity index (χ4n) is 2.54. The lowest BCUT2D eigenvalue weighted by Crippen LogP contribution is -2.35. The van der Waals surface area contributed by atoms with E-state index >= 15 is 0 Å². The number of rotatable bonds is 0. The Kier molecular flexibility index (Phi) is 2.88. The third kappa shape index (κ3) is 1.57. The predicted molar refractivity (Wildman–Crippen MR) is 61.2 cm³/mol. The maximum absolute atomic E-state index is 13.8. The molecule has 2 aliphatic carbocycles. The largest absolute Gasteiger partial charge is 0.294 e. The second-order valence-corrected chi connectivity index (χ2v) is 4.76. The number of carbonyl (C=O) groups is 4. The maximum atomic E-state index is 13.8. The van der Waals surface area contributed by atoms with Gasteiger partial charge in [0.05, 0.1) is 22.3 Å². The van der Waals surface area contributed by atoms with Crippen molar-refractivity contribution in [2.45, 2.75) is 12.8 Å². The van der Waals surface area contributed by atoms with Crippen LogP contribution in [0.2, 0.25) is 0 Å². The average molecular weight is 312 g/mol. The molecule has 0 fully saturated rings. The summed E-state index contributed by atoms with van der Waals surface area (Å²) in [7, 11) is 0. The number of allylic oxidation sites excluding steroid dienone is 2. The average Bonchev–Trinajstić information content (AvgIpc) is 2.48. The summed E-state index contributed by atoms with van der Waals surface area (Å²) in [4.78, 5) is 47.7. The second-order valence-electron chi connectivity index (χ2n) is 4.76. The van der Waals surface area contributed by atoms with Crippen molar-refractivity contribution in [3.05, 3.63) is 45.5 Å². The molecule has 0 N–H and O–H groups in total. The predicted octanol–water partition coefficient (Wildman–Crippen LogP) is 1.85. The van der Waals surface area contributed by atoms with Gasteiger partial charge in [-0.2, -0.15) is 0 Å². The Morgan fingerprint density at radius 2 is 0.864 bits per heavy atom. The Hall–Kier alpha value is -2.64. The molecule has 1 aromatic rings. The van der Waals surface area contributed by atoms with Crippen molar-refractivity contribution in [3.8, 4) is 0 Å². The summed E-state index contributed by atoms with van der Waals surface area (Å²) in [5.74, 6) is -13.4. The van der Waals surface area contributed by atoms with Gasteiger partial charge >= 0.3 is 0 Å². The first-order chi connectivity index (χ1) is 10.3. The quantitative estimate of drug-likeness (QED) is 0.317. The van der Waals surface area contributed by atoms with Crippen LogP contribution < -0.4 is 0 Å².